The molecule has 2 aromatic rings. The van der Waals surface area contributed by atoms with E-state index in [1.165, 1.54) is 18.2 Å². The van der Waals surface area contributed by atoms with Crippen LogP contribution < -0.4 is 20.7 Å². The van der Waals surface area contributed by atoms with Crippen molar-refractivity contribution in [3.63, 3.8) is 0 Å². The highest BCUT2D eigenvalue weighted by Crippen LogP contribution is 2.29. The average molecular weight is 468 g/mol. The van der Waals surface area contributed by atoms with Crippen molar-refractivity contribution in [2.24, 2.45) is 5.92 Å². The number of nitrogens with zero attached hydrogens (tertiary/aromatic N) is 3. The maximum Gasteiger partial charge on any atom is 0.573 e. The van der Waals surface area contributed by atoms with Gasteiger partial charge in [-0.1, -0.05) is 25.1 Å². The van der Waals surface area contributed by atoms with E-state index < -0.39 is 11.3 Å². The van der Waals surface area contributed by atoms with Crippen molar-refractivity contribution < 1.29 is 22.8 Å². The standard InChI is InChI=1S/C21H27F3N6O3/c1-2-25-16-9-7-14(8-10-16)11-26-19-17(30(31)32)13-28-20(29-19)27-12-15-5-3-4-6-18(15)33-21(22,23)24/h3-6,13-14,16,25H,2,7-12H2,1H3,(H2,26,27,28,29)/t14-,16-. The van der Waals surface area contributed by atoms with Crippen LogP contribution in [0.15, 0.2) is 30.5 Å². The third-order valence-electron chi connectivity index (χ3n) is 5.50. The maximum absolute atomic E-state index is 12.6. The Kier molecular flexibility index (Phi) is 8.26. The number of nitrogens with one attached hydrogen (secondary N) is 3. The van der Waals surface area contributed by atoms with Gasteiger partial charge >= 0.3 is 12.0 Å². The minimum atomic E-state index is -4.82. The van der Waals surface area contributed by atoms with Gasteiger partial charge in [-0.3, -0.25) is 10.1 Å². The number of rotatable bonds is 10. The Bertz CT molecular complexity index is 936. The molecule has 1 saturated carbocycles. The van der Waals surface area contributed by atoms with Crippen LogP contribution in [-0.2, 0) is 6.54 Å². The molecule has 1 heterocycles. The molecule has 1 aromatic heterocycles. The van der Waals surface area contributed by atoms with Crippen LogP contribution in [0.2, 0.25) is 0 Å². The maximum atomic E-state index is 12.6. The Hall–Kier alpha value is -3.15. The first kappa shape index (κ1) is 24.5. The van der Waals surface area contributed by atoms with Gasteiger partial charge in [0.05, 0.1) is 4.92 Å². The van der Waals surface area contributed by atoms with E-state index in [2.05, 4.69) is 37.6 Å². The highest BCUT2D eigenvalue weighted by Gasteiger charge is 2.32. The molecular formula is C21H27F3N6O3. The van der Waals surface area contributed by atoms with Crippen molar-refractivity contribution >= 4 is 17.5 Å². The zero-order chi connectivity index (χ0) is 23.8. The van der Waals surface area contributed by atoms with Gasteiger partial charge in [0.2, 0.25) is 11.8 Å². The fourth-order valence-electron chi connectivity index (χ4n) is 3.87. The van der Waals surface area contributed by atoms with Gasteiger partial charge in [-0.05, 0) is 44.2 Å². The van der Waals surface area contributed by atoms with Crippen molar-refractivity contribution in [3.8, 4) is 5.75 Å². The lowest BCUT2D eigenvalue weighted by atomic mass is 9.86. The minimum Gasteiger partial charge on any atom is -0.405 e. The summed E-state index contributed by atoms with van der Waals surface area (Å²) in [6.45, 7) is 3.50. The summed E-state index contributed by atoms with van der Waals surface area (Å²) < 4.78 is 41.9. The minimum absolute atomic E-state index is 0.0563. The number of hydrogen-bond acceptors (Lipinski definition) is 8. The van der Waals surface area contributed by atoms with Gasteiger partial charge in [-0.15, -0.1) is 13.2 Å². The van der Waals surface area contributed by atoms with E-state index in [9.17, 15) is 23.3 Å². The Morgan fingerprint density at radius 3 is 2.58 bits per heavy atom. The van der Waals surface area contributed by atoms with E-state index in [4.69, 9.17) is 0 Å². The molecule has 0 bridgehead atoms. The van der Waals surface area contributed by atoms with Gasteiger partial charge in [-0.2, -0.15) is 4.98 Å². The van der Waals surface area contributed by atoms with Crippen molar-refractivity contribution in [1.82, 2.24) is 15.3 Å². The van der Waals surface area contributed by atoms with Crippen molar-refractivity contribution in [2.45, 2.75) is 51.6 Å². The van der Waals surface area contributed by atoms with E-state index in [0.29, 0.717) is 18.5 Å². The summed E-state index contributed by atoms with van der Waals surface area (Å²) in [6, 6.07) is 6.20. The normalized spacial score (nSPS) is 18.5. The molecule has 180 valence electrons. The molecule has 1 fully saturated rings. The van der Waals surface area contributed by atoms with Crippen molar-refractivity contribution in [2.75, 3.05) is 23.7 Å². The first-order valence-electron chi connectivity index (χ1n) is 10.8. The Balaban J connectivity index is 1.64. The highest BCUT2D eigenvalue weighted by atomic mass is 19.4. The molecule has 1 aliphatic rings. The largest absolute Gasteiger partial charge is 0.573 e. The molecule has 0 radical (unpaired) electrons. The Morgan fingerprint density at radius 2 is 1.91 bits per heavy atom. The molecule has 0 spiro atoms. The number of para-hydroxylation sites is 1. The topological polar surface area (TPSA) is 114 Å². The van der Waals surface area contributed by atoms with E-state index >= 15 is 0 Å². The Morgan fingerprint density at radius 1 is 1.18 bits per heavy atom. The molecule has 33 heavy (non-hydrogen) atoms. The number of halogens is 3. The second kappa shape index (κ2) is 11.1. The number of aromatic nitrogens is 2. The second-order valence-electron chi connectivity index (χ2n) is 7.85. The van der Waals surface area contributed by atoms with Gasteiger partial charge < -0.3 is 20.7 Å². The van der Waals surface area contributed by atoms with Crippen molar-refractivity contribution in [3.05, 3.63) is 46.1 Å². The van der Waals surface area contributed by atoms with E-state index in [1.807, 2.05) is 0 Å². The third kappa shape index (κ3) is 7.45. The molecule has 12 heteroatoms. The van der Waals surface area contributed by atoms with Crippen LogP contribution in [0.4, 0.5) is 30.6 Å². The van der Waals surface area contributed by atoms with Crippen LogP contribution in [0.3, 0.4) is 0 Å². The lowest BCUT2D eigenvalue weighted by Crippen LogP contribution is -2.34. The van der Waals surface area contributed by atoms with Gasteiger partial charge in [0.1, 0.15) is 11.9 Å². The number of anilines is 2. The average Bonchev–Trinajstić information content (AvgIpc) is 2.77. The zero-order valence-corrected chi connectivity index (χ0v) is 18.2. The number of nitro groups is 1. The lowest BCUT2D eigenvalue weighted by Gasteiger charge is -2.29. The van der Waals surface area contributed by atoms with Crippen LogP contribution in [-0.4, -0.2) is 40.4 Å². The molecule has 0 unspecified atom stereocenters. The monoisotopic (exact) mass is 468 g/mol. The fourth-order valence-corrected chi connectivity index (χ4v) is 3.87. The highest BCUT2D eigenvalue weighted by molar-refractivity contribution is 5.57. The van der Waals surface area contributed by atoms with Gasteiger partial charge in [0.15, 0.2) is 0 Å². The summed E-state index contributed by atoms with van der Waals surface area (Å²) in [5.74, 6) is 0.162. The molecule has 0 amide bonds. The smallest absolute Gasteiger partial charge is 0.405 e. The molecule has 0 aliphatic heterocycles. The molecule has 1 aliphatic carbocycles. The summed E-state index contributed by atoms with van der Waals surface area (Å²) in [7, 11) is 0. The first-order valence-corrected chi connectivity index (χ1v) is 10.8. The molecule has 0 atom stereocenters. The predicted octanol–water partition coefficient (Wildman–Crippen LogP) is 4.48. The predicted molar refractivity (Wildman–Crippen MR) is 117 cm³/mol. The van der Waals surface area contributed by atoms with Crippen LogP contribution in [0, 0.1) is 16.0 Å². The second-order valence-corrected chi connectivity index (χ2v) is 7.85. The summed E-state index contributed by atoms with van der Waals surface area (Å²) in [5, 5.41) is 20.7. The molecule has 1 aromatic carbocycles. The van der Waals surface area contributed by atoms with Gasteiger partial charge in [0, 0.05) is 24.7 Å². The quantitative estimate of drug-likeness (QED) is 0.346. The summed E-state index contributed by atoms with van der Waals surface area (Å²) in [6.07, 6.45) is 0.381. The third-order valence-corrected chi connectivity index (χ3v) is 5.50. The fraction of sp³-hybridized carbons (Fsp3) is 0.524. The lowest BCUT2D eigenvalue weighted by molar-refractivity contribution is -0.384. The molecule has 3 N–H and O–H groups in total. The van der Waals surface area contributed by atoms with Crippen molar-refractivity contribution in [1.29, 1.82) is 0 Å². The summed E-state index contributed by atoms with van der Waals surface area (Å²) in [4.78, 5) is 18.9. The summed E-state index contributed by atoms with van der Waals surface area (Å²) >= 11 is 0. The van der Waals surface area contributed by atoms with Crippen LogP contribution in [0.25, 0.3) is 0 Å². The Labute approximate surface area is 189 Å². The summed E-state index contributed by atoms with van der Waals surface area (Å²) in [5.41, 5.74) is -0.0218. The van der Waals surface area contributed by atoms with E-state index in [1.54, 1.807) is 6.07 Å². The SMILES string of the molecule is CCN[C@H]1CC[C@H](CNc2nc(NCc3ccccc3OC(F)(F)F)ncc2[N+](=O)[O-])CC1. The van der Waals surface area contributed by atoms with E-state index in [0.717, 1.165) is 38.4 Å². The number of alkyl halides is 3. The number of ether oxygens (including phenoxy) is 1. The van der Waals surface area contributed by atoms with Gasteiger partial charge in [-0.25, -0.2) is 4.98 Å². The van der Waals surface area contributed by atoms with Crippen LogP contribution in [0.1, 0.15) is 38.2 Å². The van der Waals surface area contributed by atoms with Gasteiger partial charge in [0.25, 0.3) is 0 Å². The molecule has 3 rings (SSSR count). The zero-order valence-electron chi connectivity index (χ0n) is 18.2. The first-order chi connectivity index (χ1) is 15.7. The van der Waals surface area contributed by atoms with Crippen LogP contribution in [0.5, 0.6) is 5.75 Å². The van der Waals surface area contributed by atoms with E-state index in [-0.39, 0.29) is 35.3 Å². The molecular weight excluding hydrogens is 441 g/mol. The molecule has 0 saturated heterocycles. The number of benzene rings is 1. The number of hydrogen-bond donors (Lipinski definition) is 3. The van der Waals surface area contributed by atoms with Crippen LogP contribution >= 0.6 is 0 Å². The molecule has 9 nitrogen and oxygen atoms in total.